The van der Waals surface area contributed by atoms with Gasteiger partial charge in [-0.2, -0.15) is 5.10 Å². The zero-order valence-electron chi connectivity index (χ0n) is 12.1. The van der Waals surface area contributed by atoms with Crippen LogP contribution in [0.4, 0.5) is 14.5 Å². The van der Waals surface area contributed by atoms with Crippen LogP contribution < -0.4 is 10.7 Å². The maximum Gasteiger partial charge on any atom is 0.329 e. The van der Waals surface area contributed by atoms with Crippen molar-refractivity contribution in [2.24, 2.45) is 5.10 Å². The fourth-order valence-electron chi connectivity index (χ4n) is 1.70. The predicted octanol–water partition coefficient (Wildman–Crippen LogP) is 2.44. The predicted molar refractivity (Wildman–Crippen MR) is 81.8 cm³/mol. The van der Waals surface area contributed by atoms with Crippen molar-refractivity contribution in [2.45, 2.75) is 6.92 Å². The highest BCUT2D eigenvalue weighted by molar-refractivity contribution is 6.39. The van der Waals surface area contributed by atoms with Gasteiger partial charge in [0.2, 0.25) is 0 Å². The largest absolute Gasteiger partial charge is 0.329 e. The van der Waals surface area contributed by atoms with E-state index in [0.717, 1.165) is 6.07 Å². The zero-order chi connectivity index (χ0) is 16.8. The maximum atomic E-state index is 13.0. The van der Waals surface area contributed by atoms with E-state index in [9.17, 15) is 18.4 Å². The molecule has 0 atom stereocenters. The average Bonchev–Trinajstić information content (AvgIpc) is 2.53. The van der Waals surface area contributed by atoms with Crippen molar-refractivity contribution in [3.63, 3.8) is 0 Å². The third-order valence-corrected chi connectivity index (χ3v) is 2.88. The highest BCUT2D eigenvalue weighted by Gasteiger charge is 2.13. The summed E-state index contributed by atoms with van der Waals surface area (Å²) in [5.74, 6) is -2.91. The molecule has 0 aromatic heterocycles. The van der Waals surface area contributed by atoms with Crippen LogP contribution in [0, 0.1) is 11.6 Å². The Morgan fingerprint density at radius 3 is 2.30 bits per heavy atom. The van der Waals surface area contributed by atoms with E-state index in [1.807, 2.05) is 0 Å². The fraction of sp³-hybridized carbons (Fsp3) is 0.0625. The zero-order valence-corrected chi connectivity index (χ0v) is 12.1. The second kappa shape index (κ2) is 7.26. The van der Waals surface area contributed by atoms with Crippen molar-refractivity contribution in [1.82, 2.24) is 5.43 Å². The van der Waals surface area contributed by atoms with Crippen LogP contribution >= 0.6 is 0 Å². The number of hydrogen-bond donors (Lipinski definition) is 2. The van der Waals surface area contributed by atoms with Gasteiger partial charge in [0.25, 0.3) is 0 Å². The van der Waals surface area contributed by atoms with E-state index in [4.69, 9.17) is 0 Å². The van der Waals surface area contributed by atoms with Crippen LogP contribution in [0.3, 0.4) is 0 Å². The van der Waals surface area contributed by atoms with Gasteiger partial charge in [-0.05, 0) is 42.8 Å². The average molecular weight is 317 g/mol. The van der Waals surface area contributed by atoms with Crippen LogP contribution in [0.1, 0.15) is 12.5 Å². The number of hydrazone groups is 1. The number of rotatable bonds is 3. The van der Waals surface area contributed by atoms with Crippen LogP contribution in [0.5, 0.6) is 0 Å². The molecule has 0 spiro atoms. The minimum Gasteiger partial charge on any atom is -0.318 e. The van der Waals surface area contributed by atoms with E-state index >= 15 is 0 Å². The monoisotopic (exact) mass is 317 g/mol. The van der Waals surface area contributed by atoms with Crippen LogP contribution in [-0.4, -0.2) is 17.5 Å². The standard InChI is InChI=1S/C16H13F2N3O2/c1-10(11-5-7-12(17)8-6-11)20-21-16(23)15(22)19-14-4-2-3-13(18)9-14/h2-9H,1H3,(H,19,22)(H,21,23)/b20-10+. The molecule has 2 amide bonds. The van der Waals surface area contributed by atoms with Crippen molar-refractivity contribution < 1.29 is 18.4 Å². The molecular weight excluding hydrogens is 304 g/mol. The third-order valence-electron chi connectivity index (χ3n) is 2.88. The summed E-state index contributed by atoms with van der Waals surface area (Å²) in [4.78, 5) is 23.3. The molecule has 0 unspecified atom stereocenters. The molecule has 0 heterocycles. The quantitative estimate of drug-likeness (QED) is 0.518. The van der Waals surface area contributed by atoms with Gasteiger partial charge in [-0.15, -0.1) is 0 Å². The number of anilines is 1. The number of hydrogen-bond acceptors (Lipinski definition) is 3. The molecule has 0 bridgehead atoms. The van der Waals surface area contributed by atoms with E-state index in [0.29, 0.717) is 11.3 Å². The van der Waals surface area contributed by atoms with E-state index in [2.05, 4.69) is 15.8 Å². The minimum atomic E-state index is -1.00. The number of carbonyl (C=O) groups excluding carboxylic acids is 2. The summed E-state index contributed by atoms with van der Waals surface area (Å²) < 4.78 is 25.8. The van der Waals surface area contributed by atoms with Gasteiger partial charge in [0.15, 0.2) is 0 Å². The smallest absolute Gasteiger partial charge is 0.318 e. The Bertz CT molecular complexity index is 758. The first-order chi connectivity index (χ1) is 11.0. The first-order valence-corrected chi connectivity index (χ1v) is 6.63. The molecule has 0 aliphatic heterocycles. The van der Waals surface area contributed by atoms with Crippen LogP contribution in [0.25, 0.3) is 0 Å². The van der Waals surface area contributed by atoms with Crippen LogP contribution in [-0.2, 0) is 9.59 Å². The number of halogens is 2. The van der Waals surface area contributed by atoms with Gasteiger partial charge in [-0.3, -0.25) is 9.59 Å². The maximum absolute atomic E-state index is 13.0. The summed E-state index contributed by atoms with van der Waals surface area (Å²) in [6.07, 6.45) is 0. The minimum absolute atomic E-state index is 0.157. The Morgan fingerprint density at radius 2 is 1.65 bits per heavy atom. The topological polar surface area (TPSA) is 70.6 Å². The Labute approximate surface area is 131 Å². The Hall–Kier alpha value is -3.09. The molecule has 0 saturated heterocycles. The van der Waals surface area contributed by atoms with Gasteiger partial charge in [0.1, 0.15) is 11.6 Å². The molecule has 118 valence electrons. The van der Waals surface area contributed by atoms with Gasteiger partial charge in [-0.1, -0.05) is 18.2 Å². The lowest BCUT2D eigenvalue weighted by Crippen LogP contribution is -2.32. The number of benzene rings is 2. The summed E-state index contributed by atoms with van der Waals surface area (Å²) in [6.45, 7) is 1.60. The first kappa shape index (κ1) is 16.3. The van der Waals surface area contributed by atoms with Gasteiger partial charge in [0, 0.05) is 5.69 Å². The van der Waals surface area contributed by atoms with E-state index in [1.54, 1.807) is 6.92 Å². The molecule has 2 rings (SSSR count). The highest BCUT2D eigenvalue weighted by atomic mass is 19.1. The summed E-state index contributed by atoms with van der Waals surface area (Å²) >= 11 is 0. The summed E-state index contributed by atoms with van der Waals surface area (Å²) in [5, 5.41) is 6.01. The molecule has 5 nitrogen and oxygen atoms in total. The Morgan fingerprint density at radius 1 is 0.957 bits per heavy atom. The van der Waals surface area contributed by atoms with Crippen molar-refractivity contribution in [3.8, 4) is 0 Å². The normalized spacial score (nSPS) is 11.0. The Balaban J connectivity index is 1.96. The second-order valence-electron chi connectivity index (χ2n) is 4.61. The molecule has 7 heteroatoms. The van der Waals surface area contributed by atoms with Crippen LogP contribution in [0.15, 0.2) is 53.6 Å². The number of nitrogens with one attached hydrogen (secondary N) is 2. The lowest BCUT2D eigenvalue weighted by atomic mass is 10.1. The number of nitrogens with zero attached hydrogens (tertiary/aromatic N) is 1. The lowest BCUT2D eigenvalue weighted by molar-refractivity contribution is -0.136. The first-order valence-electron chi connectivity index (χ1n) is 6.63. The molecular formula is C16H13F2N3O2. The summed E-state index contributed by atoms with van der Waals surface area (Å²) in [6, 6.07) is 10.6. The summed E-state index contributed by atoms with van der Waals surface area (Å²) in [5.41, 5.74) is 3.23. The van der Waals surface area contributed by atoms with Gasteiger partial charge < -0.3 is 5.32 Å². The van der Waals surface area contributed by atoms with Gasteiger partial charge >= 0.3 is 11.8 Å². The molecule has 0 fully saturated rings. The third kappa shape index (κ3) is 4.70. The van der Waals surface area contributed by atoms with Crippen molar-refractivity contribution in [2.75, 3.05) is 5.32 Å². The van der Waals surface area contributed by atoms with E-state index in [1.165, 1.54) is 42.5 Å². The fourth-order valence-corrected chi connectivity index (χ4v) is 1.70. The Kier molecular flexibility index (Phi) is 5.14. The van der Waals surface area contributed by atoms with E-state index in [-0.39, 0.29) is 11.5 Å². The highest BCUT2D eigenvalue weighted by Crippen LogP contribution is 2.08. The molecule has 0 radical (unpaired) electrons. The molecule has 23 heavy (non-hydrogen) atoms. The number of amides is 2. The van der Waals surface area contributed by atoms with Gasteiger partial charge in [-0.25, -0.2) is 14.2 Å². The summed E-state index contributed by atoms with van der Waals surface area (Å²) in [7, 11) is 0. The van der Waals surface area contributed by atoms with Crippen molar-refractivity contribution >= 4 is 23.2 Å². The lowest BCUT2D eigenvalue weighted by Gasteiger charge is -2.05. The molecule has 0 aliphatic rings. The molecule has 0 saturated carbocycles. The van der Waals surface area contributed by atoms with Crippen molar-refractivity contribution in [1.29, 1.82) is 0 Å². The molecule has 2 aromatic carbocycles. The van der Waals surface area contributed by atoms with E-state index < -0.39 is 17.6 Å². The number of carbonyl (C=O) groups is 2. The van der Waals surface area contributed by atoms with Gasteiger partial charge in [0.05, 0.1) is 5.71 Å². The molecule has 2 N–H and O–H groups in total. The second-order valence-corrected chi connectivity index (χ2v) is 4.61. The van der Waals surface area contributed by atoms with Crippen LogP contribution in [0.2, 0.25) is 0 Å². The SMILES string of the molecule is C/C(=N\NC(=O)C(=O)Nc1cccc(F)c1)c1ccc(F)cc1. The van der Waals surface area contributed by atoms with Crippen molar-refractivity contribution in [3.05, 3.63) is 65.7 Å². The molecule has 0 aliphatic carbocycles. The molecule has 2 aromatic rings.